The van der Waals surface area contributed by atoms with E-state index in [9.17, 15) is 8.78 Å². The minimum Gasteiger partial charge on any atom is -0.203 e. The van der Waals surface area contributed by atoms with Crippen molar-refractivity contribution in [1.82, 2.24) is 0 Å². The molecule has 0 saturated carbocycles. The molecule has 0 spiro atoms. The van der Waals surface area contributed by atoms with Gasteiger partial charge in [-0.05, 0) is 18.9 Å². The van der Waals surface area contributed by atoms with Crippen molar-refractivity contribution in [2.45, 2.75) is 20.3 Å². The third-order valence-electron chi connectivity index (χ3n) is 3.21. The zero-order chi connectivity index (χ0) is 15.2. The smallest absolute Gasteiger partial charge is 0.166 e. The molecule has 0 aliphatic heterocycles. The first-order valence-electron chi connectivity index (χ1n) is 7.01. The summed E-state index contributed by atoms with van der Waals surface area (Å²) in [4.78, 5) is 0. The van der Waals surface area contributed by atoms with Crippen LogP contribution in [-0.2, 0) is 0 Å². The Morgan fingerprint density at radius 1 is 0.857 bits per heavy atom. The van der Waals surface area contributed by atoms with Crippen molar-refractivity contribution in [3.8, 4) is 0 Å². The average Bonchev–Trinajstić information content (AvgIpc) is 2.53. The highest BCUT2D eigenvalue weighted by atomic mass is 19.2. The monoisotopic (exact) mass is 284 g/mol. The maximum absolute atomic E-state index is 14.2. The van der Waals surface area contributed by atoms with Gasteiger partial charge in [-0.1, -0.05) is 73.2 Å². The molecule has 0 aromatic heterocycles. The number of rotatable bonds is 4. The average molecular weight is 284 g/mol. The fraction of sp³-hybridized carbons (Fsp3) is 0.158. The number of hydrogen-bond acceptors (Lipinski definition) is 0. The maximum atomic E-state index is 14.2. The van der Waals surface area contributed by atoms with Gasteiger partial charge in [0.25, 0.3) is 0 Å². The van der Waals surface area contributed by atoms with Crippen molar-refractivity contribution in [3.63, 3.8) is 0 Å². The lowest BCUT2D eigenvalue weighted by atomic mass is 10.1. The summed E-state index contributed by atoms with van der Waals surface area (Å²) in [5, 5.41) is 0. The third-order valence-corrected chi connectivity index (χ3v) is 3.21. The van der Waals surface area contributed by atoms with Gasteiger partial charge in [-0.15, -0.1) is 0 Å². The highest BCUT2D eigenvalue weighted by Gasteiger charge is 2.11. The summed E-state index contributed by atoms with van der Waals surface area (Å²) in [6.07, 6.45) is 4.92. The van der Waals surface area contributed by atoms with Crippen molar-refractivity contribution in [2.75, 3.05) is 0 Å². The minimum atomic E-state index is -0.829. The molecule has 0 aliphatic carbocycles. The van der Waals surface area contributed by atoms with Crippen molar-refractivity contribution in [3.05, 3.63) is 76.9 Å². The van der Waals surface area contributed by atoms with Crippen molar-refractivity contribution in [2.24, 2.45) is 0 Å². The number of halogens is 2. The Morgan fingerprint density at radius 3 is 1.81 bits per heavy atom. The van der Waals surface area contributed by atoms with E-state index in [1.807, 2.05) is 26.0 Å². The van der Waals surface area contributed by atoms with Crippen LogP contribution in [0, 0.1) is 6.92 Å². The number of allylic oxidation sites excluding steroid dienone is 1. The maximum Gasteiger partial charge on any atom is 0.166 e. The SMILES string of the molecule is CC/C=C/c1ccc(/C(F)=C(/F)c2ccc(C)cc2)cc1. The zero-order valence-electron chi connectivity index (χ0n) is 12.2. The van der Waals surface area contributed by atoms with E-state index in [2.05, 4.69) is 0 Å². The molecule has 21 heavy (non-hydrogen) atoms. The summed E-state index contributed by atoms with van der Waals surface area (Å²) in [7, 11) is 0. The molecule has 0 unspecified atom stereocenters. The van der Waals surface area contributed by atoms with Crippen LogP contribution in [0.25, 0.3) is 17.7 Å². The lowest BCUT2D eigenvalue weighted by Crippen LogP contribution is -1.85. The fourth-order valence-electron chi connectivity index (χ4n) is 1.95. The standard InChI is InChI=1S/C19H18F2/c1-3-4-5-15-8-12-17(13-9-15)19(21)18(20)16-10-6-14(2)7-11-16/h4-13H,3H2,1-2H3/b5-4+,19-18-. The normalized spacial score (nSPS) is 12.6. The van der Waals surface area contributed by atoms with Gasteiger partial charge < -0.3 is 0 Å². The van der Waals surface area contributed by atoms with E-state index in [0.29, 0.717) is 0 Å². The minimum absolute atomic E-state index is 0.252. The Kier molecular flexibility index (Phi) is 5.04. The number of hydrogen-bond donors (Lipinski definition) is 0. The summed E-state index contributed by atoms with van der Waals surface area (Å²) >= 11 is 0. The molecule has 0 heterocycles. The third kappa shape index (κ3) is 3.88. The summed E-state index contributed by atoms with van der Waals surface area (Å²) in [5.41, 5.74) is 2.50. The predicted molar refractivity (Wildman–Crippen MR) is 86.0 cm³/mol. The van der Waals surface area contributed by atoms with E-state index in [-0.39, 0.29) is 11.1 Å². The van der Waals surface area contributed by atoms with Gasteiger partial charge in [-0.3, -0.25) is 0 Å². The molecular formula is C19H18F2. The topological polar surface area (TPSA) is 0 Å². The van der Waals surface area contributed by atoms with Crippen LogP contribution in [0.2, 0.25) is 0 Å². The van der Waals surface area contributed by atoms with Crippen molar-refractivity contribution in [1.29, 1.82) is 0 Å². The van der Waals surface area contributed by atoms with Crippen LogP contribution in [-0.4, -0.2) is 0 Å². The molecule has 0 atom stereocenters. The second kappa shape index (κ2) is 6.98. The van der Waals surface area contributed by atoms with E-state index in [1.165, 1.54) is 0 Å². The first-order valence-corrected chi connectivity index (χ1v) is 7.01. The Balaban J connectivity index is 2.29. The second-order valence-corrected chi connectivity index (χ2v) is 4.93. The quantitative estimate of drug-likeness (QED) is 0.588. The molecule has 0 aliphatic rings. The van der Waals surface area contributed by atoms with Crippen LogP contribution in [0.4, 0.5) is 8.78 Å². The van der Waals surface area contributed by atoms with Crippen LogP contribution in [0.1, 0.15) is 35.6 Å². The molecule has 0 radical (unpaired) electrons. The lowest BCUT2D eigenvalue weighted by Gasteiger charge is -2.03. The van der Waals surface area contributed by atoms with Gasteiger partial charge >= 0.3 is 0 Å². The van der Waals surface area contributed by atoms with Crippen LogP contribution in [0.15, 0.2) is 54.6 Å². The van der Waals surface area contributed by atoms with E-state index in [1.54, 1.807) is 48.5 Å². The summed E-state index contributed by atoms with van der Waals surface area (Å²) < 4.78 is 28.3. The predicted octanol–water partition coefficient (Wildman–Crippen LogP) is 6.18. The van der Waals surface area contributed by atoms with Gasteiger partial charge in [0.15, 0.2) is 11.7 Å². The molecule has 108 valence electrons. The molecule has 0 N–H and O–H groups in total. The fourth-order valence-corrected chi connectivity index (χ4v) is 1.95. The molecule has 2 aromatic carbocycles. The van der Waals surface area contributed by atoms with Gasteiger partial charge in [0, 0.05) is 11.1 Å². The van der Waals surface area contributed by atoms with Gasteiger partial charge in [0.1, 0.15) is 0 Å². The first kappa shape index (κ1) is 15.2. The number of aryl methyl sites for hydroxylation is 1. The first-order chi connectivity index (χ1) is 10.1. The lowest BCUT2D eigenvalue weighted by molar-refractivity contribution is 0.700. The second-order valence-electron chi connectivity index (χ2n) is 4.93. The Bertz CT molecular complexity index is 647. The van der Waals surface area contributed by atoms with E-state index in [0.717, 1.165) is 17.5 Å². The van der Waals surface area contributed by atoms with Crippen LogP contribution >= 0.6 is 0 Å². The van der Waals surface area contributed by atoms with Gasteiger partial charge in [-0.25, -0.2) is 8.78 Å². The Hall–Kier alpha value is -2.22. The van der Waals surface area contributed by atoms with Crippen LogP contribution < -0.4 is 0 Å². The van der Waals surface area contributed by atoms with Gasteiger partial charge in [-0.2, -0.15) is 0 Å². The summed E-state index contributed by atoms with van der Waals surface area (Å²) in [5.74, 6) is -1.66. The van der Waals surface area contributed by atoms with E-state index < -0.39 is 11.7 Å². The number of benzene rings is 2. The Labute approximate surface area is 124 Å². The van der Waals surface area contributed by atoms with Gasteiger partial charge in [0.05, 0.1) is 0 Å². The largest absolute Gasteiger partial charge is 0.203 e. The molecule has 0 nitrogen and oxygen atoms in total. The molecular weight excluding hydrogens is 266 g/mol. The molecule has 2 rings (SSSR count). The highest BCUT2D eigenvalue weighted by molar-refractivity contribution is 5.83. The molecule has 0 fully saturated rings. The molecule has 0 amide bonds. The molecule has 2 heteroatoms. The highest BCUT2D eigenvalue weighted by Crippen LogP contribution is 2.29. The summed E-state index contributed by atoms with van der Waals surface area (Å²) in [6.45, 7) is 3.95. The van der Waals surface area contributed by atoms with Crippen molar-refractivity contribution < 1.29 is 8.78 Å². The van der Waals surface area contributed by atoms with E-state index in [4.69, 9.17) is 0 Å². The van der Waals surface area contributed by atoms with E-state index >= 15 is 0 Å². The van der Waals surface area contributed by atoms with Crippen molar-refractivity contribution >= 4 is 17.7 Å². The molecule has 2 aromatic rings. The molecule has 0 bridgehead atoms. The van der Waals surface area contributed by atoms with Crippen LogP contribution in [0.3, 0.4) is 0 Å². The zero-order valence-corrected chi connectivity index (χ0v) is 12.2. The van der Waals surface area contributed by atoms with Crippen LogP contribution in [0.5, 0.6) is 0 Å². The Morgan fingerprint density at radius 2 is 1.33 bits per heavy atom. The molecule has 0 saturated heterocycles. The van der Waals surface area contributed by atoms with Gasteiger partial charge in [0.2, 0.25) is 0 Å². The summed E-state index contributed by atoms with van der Waals surface area (Å²) in [6, 6.07) is 13.5.